The topological polar surface area (TPSA) is 21.6 Å². The summed E-state index contributed by atoms with van der Waals surface area (Å²) in [6, 6.07) is 16.6. The standard InChI is InChI=1S/C25H31NO/c1-7-8-13-21-14-11-15-22(17-21)18-24(27-25(4,5)6)20(3)26-23-16-10-9-12-19(23)2/h9-12,14-17,24H,7,18H2,1-6H3. The number of para-hydroxylation sites is 1. The SMILES string of the molecule is CCC#Cc1cccc(CC(OC(C)(C)C)C(C)=Nc2ccccc2C)c1. The van der Waals surface area contributed by atoms with E-state index in [9.17, 15) is 0 Å². The van der Waals surface area contributed by atoms with Crippen molar-refractivity contribution in [1.29, 1.82) is 0 Å². The van der Waals surface area contributed by atoms with Crippen LogP contribution in [0.1, 0.15) is 57.7 Å². The van der Waals surface area contributed by atoms with Gasteiger partial charge in [-0.2, -0.15) is 0 Å². The van der Waals surface area contributed by atoms with Crippen LogP contribution in [0.5, 0.6) is 0 Å². The van der Waals surface area contributed by atoms with Crippen LogP contribution in [0, 0.1) is 18.8 Å². The predicted molar refractivity (Wildman–Crippen MR) is 116 cm³/mol. The summed E-state index contributed by atoms with van der Waals surface area (Å²) in [5.41, 5.74) is 5.18. The van der Waals surface area contributed by atoms with Crippen LogP contribution in [-0.2, 0) is 11.2 Å². The van der Waals surface area contributed by atoms with Crippen molar-refractivity contribution in [3.63, 3.8) is 0 Å². The Balaban J connectivity index is 2.31. The highest BCUT2D eigenvalue weighted by Gasteiger charge is 2.22. The highest BCUT2D eigenvalue weighted by Crippen LogP contribution is 2.22. The zero-order valence-corrected chi connectivity index (χ0v) is 17.5. The summed E-state index contributed by atoms with van der Waals surface area (Å²) < 4.78 is 6.37. The molecule has 0 N–H and O–H groups in total. The van der Waals surface area contributed by atoms with Gasteiger partial charge in [-0.1, -0.05) is 49.1 Å². The molecule has 0 spiro atoms. The van der Waals surface area contributed by atoms with Crippen molar-refractivity contribution in [3.8, 4) is 11.8 Å². The van der Waals surface area contributed by atoms with Crippen molar-refractivity contribution in [1.82, 2.24) is 0 Å². The van der Waals surface area contributed by atoms with E-state index in [1.807, 2.05) is 18.2 Å². The molecule has 0 saturated carbocycles. The third-order valence-electron chi connectivity index (χ3n) is 4.13. The third-order valence-corrected chi connectivity index (χ3v) is 4.13. The number of aryl methyl sites for hydroxylation is 1. The number of rotatable bonds is 5. The van der Waals surface area contributed by atoms with Crippen LogP contribution in [0.2, 0.25) is 0 Å². The van der Waals surface area contributed by atoms with Crippen molar-refractivity contribution < 1.29 is 4.74 Å². The molecule has 142 valence electrons. The van der Waals surface area contributed by atoms with E-state index in [0.717, 1.165) is 29.8 Å². The molecule has 0 saturated heterocycles. The Bertz CT molecular complexity index is 846. The lowest BCUT2D eigenvalue weighted by Gasteiger charge is -2.28. The molecule has 2 rings (SSSR count). The zero-order chi connectivity index (χ0) is 19.9. The van der Waals surface area contributed by atoms with Crippen molar-refractivity contribution >= 4 is 11.4 Å². The zero-order valence-electron chi connectivity index (χ0n) is 17.5. The number of hydrogen-bond donors (Lipinski definition) is 0. The van der Waals surface area contributed by atoms with Crippen LogP contribution in [0.3, 0.4) is 0 Å². The third kappa shape index (κ3) is 7.04. The van der Waals surface area contributed by atoms with Gasteiger partial charge in [-0.15, -0.1) is 0 Å². The Morgan fingerprint density at radius 2 is 1.85 bits per heavy atom. The average molecular weight is 362 g/mol. The van der Waals surface area contributed by atoms with Crippen LogP contribution < -0.4 is 0 Å². The van der Waals surface area contributed by atoms with Gasteiger partial charge in [0, 0.05) is 24.1 Å². The van der Waals surface area contributed by atoms with E-state index in [0.29, 0.717) is 0 Å². The average Bonchev–Trinajstić information content (AvgIpc) is 2.60. The van der Waals surface area contributed by atoms with Gasteiger partial charge < -0.3 is 4.74 Å². The predicted octanol–water partition coefficient (Wildman–Crippen LogP) is 6.28. The second-order valence-electron chi connectivity index (χ2n) is 7.82. The van der Waals surface area contributed by atoms with E-state index in [1.54, 1.807) is 0 Å². The summed E-state index contributed by atoms with van der Waals surface area (Å²) >= 11 is 0. The second kappa shape index (κ2) is 9.53. The van der Waals surface area contributed by atoms with Gasteiger partial charge in [-0.05, 0) is 63.9 Å². The monoisotopic (exact) mass is 361 g/mol. The van der Waals surface area contributed by atoms with Gasteiger partial charge in [0.05, 0.1) is 17.4 Å². The summed E-state index contributed by atoms with van der Waals surface area (Å²) in [6.45, 7) is 12.5. The fraction of sp³-hybridized carbons (Fsp3) is 0.400. The number of hydrogen-bond acceptors (Lipinski definition) is 2. The van der Waals surface area contributed by atoms with E-state index in [1.165, 1.54) is 11.1 Å². The fourth-order valence-electron chi connectivity index (χ4n) is 2.83. The maximum Gasteiger partial charge on any atom is 0.1000 e. The van der Waals surface area contributed by atoms with Crippen LogP contribution in [0.15, 0.2) is 53.5 Å². The molecule has 27 heavy (non-hydrogen) atoms. The summed E-state index contributed by atoms with van der Waals surface area (Å²) in [6.07, 6.45) is 1.56. The number of ether oxygens (including phenoxy) is 1. The highest BCUT2D eigenvalue weighted by atomic mass is 16.5. The molecule has 2 nitrogen and oxygen atoms in total. The minimum Gasteiger partial charge on any atom is -0.366 e. The molecule has 1 atom stereocenters. The minimum absolute atomic E-state index is 0.0843. The molecule has 0 heterocycles. The van der Waals surface area contributed by atoms with Gasteiger partial charge in [0.2, 0.25) is 0 Å². The lowest BCUT2D eigenvalue weighted by atomic mass is 10.0. The van der Waals surface area contributed by atoms with Crippen molar-refractivity contribution in [2.24, 2.45) is 4.99 Å². The first-order valence-corrected chi connectivity index (χ1v) is 9.65. The minimum atomic E-state index is -0.243. The van der Waals surface area contributed by atoms with Crippen LogP contribution in [0.25, 0.3) is 0 Å². The molecule has 0 fully saturated rings. The van der Waals surface area contributed by atoms with Gasteiger partial charge in [-0.25, -0.2) is 0 Å². The van der Waals surface area contributed by atoms with Crippen molar-refractivity contribution in [2.45, 2.75) is 66.1 Å². The maximum absolute atomic E-state index is 6.37. The van der Waals surface area contributed by atoms with Crippen LogP contribution in [-0.4, -0.2) is 17.4 Å². The molecule has 0 amide bonds. The maximum atomic E-state index is 6.37. The Hall–Kier alpha value is -2.37. The van der Waals surface area contributed by atoms with Crippen molar-refractivity contribution in [3.05, 3.63) is 65.2 Å². The Labute approximate surface area is 164 Å². The summed E-state index contributed by atoms with van der Waals surface area (Å²) in [5, 5.41) is 0. The molecule has 0 bridgehead atoms. The fourth-order valence-corrected chi connectivity index (χ4v) is 2.83. The molecule has 0 aliphatic carbocycles. The molecule has 1 unspecified atom stereocenters. The van der Waals surface area contributed by atoms with E-state index in [4.69, 9.17) is 9.73 Å². The van der Waals surface area contributed by atoms with E-state index >= 15 is 0 Å². The van der Waals surface area contributed by atoms with Gasteiger partial charge in [0.15, 0.2) is 0 Å². The van der Waals surface area contributed by atoms with E-state index < -0.39 is 0 Å². The van der Waals surface area contributed by atoms with Gasteiger partial charge >= 0.3 is 0 Å². The first-order valence-electron chi connectivity index (χ1n) is 9.65. The number of aliphatic imine (C=N–C) groups is 1. The Morgan fingerprint density at radius 1 is 1.11 bits per heavy atom. The Morgan fingerprint density at radius 3 is 2.52 bits per heavy atom. The first kappa shape index (κ1) is 20.9. The first-order chi connectivity index (χ1) is 12.8. The van der Waals surface area contributed by atoms with E-state index in [-0.39, 0.29) is 11.7 Å². The number of benzene rings is 2. The molecule has 0 aliphatic heterocycles. The van der Waals surface area contributed by atoms with Gasteiger partial charge in [-0.3, -0.25) is 4.99 Å². The molecular formula is C25H31NO. The molecule has 2 aromatic carbocycles. The summed E-state index contributed by atoms with van der Waals surface area (Å²) in [4.78, 5) is 4.87. The quantitative estimate of drug-likeness (QED) is 0.454. The lowest BCUT2D eigenvalue weighted by molar-refractivity contribution is -0.0288. The molecule has 0 radical (unpaired) electrons. The second-order valence-corrected chi connectivity index (χ2v) is 7.82. The summed E-state index contributed by atoms with van der Waals surface area (Å²) in [7, 11) is 0. The smallest absolute Gasteiger partial charge is 0.1000 e. The van der Waals surface area contributed by atoms with Crippen molar-refractivity contribution in [2.75, 3.05) is 0 Å². The van der Waals surface area contributed by atoms with Crippen LogP contribution in [0.4, 0.5) is 5.69 Å². The largest absolute Gasteiger partial charge is 0.366 e. The van der Waals surface area contributed by atoms with E-state index in [2.05, 4.69) is 83.7 Å². The van der Waals surface area contributed by atoms with Crippen LogP contribution >= 0.6 is 0 Å². The Kier molecular flexibility index (Phi) is 7.39. The lowest BCUT2D eigenvalue weighted by Crippen LogP contribution is -2.33. The normalized spacial score (nSPS) is 13.0. The van der Waals surface area contributed by atoms with Gasteiger partial charge in [0.25, 0.3) is 0 Å². The molecule has 2 heteroatoms. The molecule has 0 aliphatic rings. The summed E-state index contributed by atoms with van der Waals surface area (Å²) in [5.74, 6) is 6.35. The molecule has 2 aromatic rings. The number of nitrogens with zero attached hydrogens (tertiary/aromatic N) is 1. The molecular weight excluding hydrogens is 330 g/mol. The van der Waals surface area contributed by atoms with Gasteiger partial charge in [0.1, 0.15) is 0 Å². The highest BCUT2D eigenvalue weighted by molar-refractivity contribution is 5.89. The molecule has 0 aromatic heterocycles.